The van der Waals surface area contributed by atoms with Gasteiger partial charge in [-0.3, -0.25) is 0 Å². The number of nitrogens with one attached hydrogen (secondary N) is 1. The first-order valence-electron chi connectivity index (χ1n) is 9.71. The summed E-state index contributed by atoms with van der Waals surface area (Å²) >= 11 is 0. The number of aromatic nitrogens is 2. The molecule has 5 nitrogen and oxygen atoms in total. The van der Waals surface area contributed by atoms with Crippen LogP contribution in [0.15, 0.2) is 36.4 Å². The van der Waals surface area contributed by atoms with Crippen molar-refractivity contribution in [2.24, 2.45) is 0 Å². The van der Waals surface area contributed by atoms with E-state index in [0.29, 0.717) is 12.6 Å². The van der Waals surface area contributed by atoms with Crippen molar-refractivity contribution in [3.05, 3.63) is 53.5 Å². The number of hydrogen-bond acceptors (Lipinski definition) is 5. The van der Waals surface area contributed by atoms with Crippen LogP contribution in [-0.2, 0) is 6.42 Å². The average Bonchev–Trinajstić information content (AvgIpc) is 2.67. The summed E-state index contributed by atoms with van der Waals surface area (Å²) in [4.78, 5) is 11.5. The Morgan fingerprint density at radius 1 is 1.19 bits per heavy atom. The lowest BCUT2D eigenvalue weighted by Crippen LogP contribution is -2.44. The lowest BCUT2D eigenvalue weighted by molar-refractivity contribution is 0.167. The summed E-state index contributed by atoms with van der Waals surface area (Å²) in [5.74, 6) is 1.92. The number of nitrogens with zero attached hydrogens (tertiary/aromatic N) is 3. The topological polar surface area (TPSA) is 61.3 Å². The zero-order valence-corrected chi connectivity index (χ0v) is 15.9. The SMILES string of the molecule is CCCc1cc(N2CCC(NC[C@@H](O)c3ccccc3)CC2)nc(C)n1. The van der Waals surface area contributed by atoms with Crippen molar-refractivity contribution in [2.45, 2.75) is 51.7 Å². The van der Waals surface area contributed by atoms with E-state index in [9.17, 15) is 5.11 Å². The van der Waals surface area contributed by atoms with Crippen LogP contribution in [0.4, 0.5) is 5.82 Å². The Morgan fingerprint density at radius 2 is 1.92 bits per heavy atom. The third kappa shape index (κ3) is 5.02. The highest BCUT2D eigenvalue weighted by molar-refractivity contribution is 5.40. The Morgan fingerprint density at radius 3 is 2.62 bits per heavy atom. The van der Waals surface area contributed by atoms with Gasteiger partial charge in [-0.15, -0.1) is 0 Å². The second kappa shape index (κ2) is 9.10. The lowest BCUT2D eigenvalue weighted by atomic mass is 10.0. The predicted octanol–water partition coefficient (Wildman–Crippen LogP) is 3.03. The summed E-state index contributed by atoms with van der Waals surface area (Å²) in [6, 6.07) is 12.4. The van der Waals surface area contributed by atoms with E-state index in [2.05, 4.69) is 33.2 Å². The molecule has 1 atom stereocenters. The zero-order valence-electron chi connectivity index (χ0n) is 15.9. The minimum absolute atomic E-state index is 0.447. The van der Waals surface area contributed by atoms with Gasteiger partial charge in [-0.2, -0.15) is 0 Å². The molecular weight excluding hydrogens is 324 g/mol. The van der Waals surface area contributed by atoms with Gasteiger partial charge in [0, 0.05) is 37.4 Å². The van der Waals surface area contributed by atoms with Crippen LogP contribution < -0.4 is 10.2 Å². The van der Waals surface area contributed by atoms with E-state index in [-0.39, 0.29) is 0 Å². The Kier molecular flexibility index (Phi) is 6.58. The molecule has 140 valence electrons. The molecule has 0 spiro atoms. The number of aliphatic hydroxyl groups is 1. The number of rotatable bonds is 7. The number of benzene rings is 1. The van der Waals surface area contributed by atoms with E-state index in [1.807, 2.05) is 37.3 Å². The molecule has 0 unspecified atom stereocenters. The first-order valence-corrected chi connectivity index (χ1v) is 9.71. The minimum atomic E-state index is -0.449. The molecule has 0 bridgehead atoms. The smallest absolute Gasteiger partial charge is 0.132 e. The molecule has 1 fully saturated rings. The van der Waals surface area contributed by atoms with Crippen molar-refractivity contribution in [2.75, 3.05) is 24.5 Å². The normalized spacial score (nSPS) is 16.7. The van der Waals surface area contributed by atoms with Gasteiger partial charge in [0.1, 0.15) is 11.6 Å². The van der Waals surface area contributed by atoms with Gasteiger partial charge in [0.05, 0.1) is 6.10 Å². The summed E-state index contributed by atoms with van der Waals surface area (Å²) < 4.78 is 0. The Bertz CT molecular complexity index is 684. The predicted molar refractivity (Wildman–Crippen MR) is 105 cm³/mol. The second-order valence-electron chi connectivity index (χ2n) is 7.11. The maximum Gasteiger partial charge on any atom is 0.132 e. The van der Waals surface area contributed by atoms with Crippen molar-refractivity contribution in [3.63, 3.8) is 0 Å². The number of hydrogen-bond donors (Lipinski definition) is 2. The fourth-order valence-corrected chi connectivity index (χ4v) is 3.54. The van der Waals surface area contributed by atoms with Crippen LogP contribution in [0.1, 0.15) is 49.4 Å². The quantitative estimate of drug-likeness (QED) is 0.800. The molecule has 2 N–H and O–H groups in total. The number of aryl methyl sites for hydroxylation is 2. The van der Waals surface area contributed by atoms with Gasteiger partial charge in [0.25, 0.3) is 0 Å². The highest BCUT2D eigenvalue weighted by Gasteiger charge is 2.21. The number of aliphatic hydroxyl groups excluding tert-OH is 1. The maximum atomic E-state index is 10.3. The largest absolute Gasteiger partial charge is 0.387 e. The molecule has 0 saturated carbocycles. The van der Waals surface area contributed by atoms with E-state index in [1.165, 1.54) is 0 Å². The standard InChI is InChI=1S/C21H30N4O/c1-3-7-19-14-21(24-16(2)23-19)25-12-10-18(11-13-25)22-15-20(26)17-8-5-4-6-9-17/h4-6,8-9,14,18,20,22,26H,3,7,10-13,15H2,1-2H3/t20-/m1/s1. The molecule has 0 aliphatic carbocycles. The van der Waals surface area contributed by atoms with E-state index in [4.69, 9.17) is 0 Å². The van der Waals surface area contributed by atoms with E-state index >= 15 is 0 Å². The molecule has 5 heteroatoms. The van der Waals surface area contributed by atoms with Gasteiger partial charge in [-0.05, 0) is 31.7 Å². The van der Waals surface area contributed by atoms with Crippen LogP contribution in [-0.4, -0.2) is 40.8 Å². The summed E-state index contributed by atoms with van der Waals surface area (Å²) in [7, 11) is 0. The van der Waals surface area contributed by atoms with Gasteiger partial charge < -0.3 is 15.3 Å². The van der Waals surface area contributed by atoms with E-state index < -0.39 is 6.10 Å². The Labute approximate surface area is 156 Å². The molecule has 1 aliphatic heterocycles. The van der Waals surface area contributed by atoms with Crippen LogP contribution in [0.3, 0.4) is 0 Å². The maximum absolute atomic E-state index is 10.3. The summed E-state index contributed by atoms with van der Waals surface area (Å²) in [5.41, 5.74) is 2.11. The van der Waals surface area contributed by atoms with Gasteiger partial charge in [-0.25, -0.2) is 9.97 Å². The third-order valence-corrected chi connectivity index (χ3v) is 4.99. The third-order valence-electron chi connectivity index (χ3n) is 4.99. The second-order valence-corrected chi connectivity index (χ2v) is 7.11. The van der Waals surface area contributed by atoms with E-state index in [0.717, 1.165) is 61.7 Å². The van der Waals surface area contributed by atoms with Gasteiger partial charge in [-0.1, -0.05) is 43.7 Å². The number of piperidine rings is 1. The highest BCUT2D eigenvalue weighted by atomic mass is 16.3. The molecular formula is C21H30N4O. The molecule has 2 heterocycles. The van der Waals surface area contributed by atoms with Crippen molar-refractivity contribution in [1.29, 1.82) is 0 Å². The minimum Gasteiger partial charge on any atom is -0.387 e. The van der Waals surface area contributed by atoms with Crippen LogP contribution in [0.2, 0.25) is 0 Å². The van der Waals surface area contributed by atoms with Gasteiger partial charge in [0.15, 0.2) is 0 Å². The molecule has 0 amide bonds. The Balaban J connectivity index is 1.50. The average molecular weight is 354 g/mol. The van der Waals surface area contributed by atoms with Crippen molar-refractivity contribution in [1.82, 2.24) is 15.3 Å². The first kappa shape index (κ1) is 18.8. The van der Waals surface area contributed by atoms with Crippen molar-refractivity contribution < 1.29 is 5.11 Å². The molecule has 0 radical (unpaired) electrons. The van der Waals surface area contributed by atoms with Crippen LogP contribution in [0.25, 0.3) is 0 Å². The summed E-state index contributed by atoms with van der Waals surface area (Å²) in [5, 5.41) is 13.8. The molecule has 1 aromatic heterocycles. The summed E-state index contributed by atoms with van der Waals surface area (Å²) in [6.45, 7) is 6.73. The van der Waals surface area contributed by atoms with Gasteiger partial charge >= 0.3 is 0 Å². The van der Waals surface area contributed by atoms with Crippen LogP contribution in [0, 0.1) is 6.92 Å². The molecule has 3 rings (SSSR count). The molecule has 1 aromatic carbocycles. The van der Waals surface area contributed by atoms with Gasteiger partial charge in [0.2, 0.25) is 0 Å². The zero-order chi connectivity index (χ0) is 18.4. The molecule has 1 saturated heterocycles. The monoisotopic (exact) mass is 354 g/mol. The fraction of sp³-hybridized carbons (Fsp3) is 0.524. The number of anilines is 1. The molecule has 1 aliphatic rings. The lowest BCUT2D eigenvalue weighted by Gasteiger charge is -2.34. The Hall–Kier alpha value is -1.98. The van der Waals surface area contributed by atoms with Crippen molar-refractivity contribution in [3.8, 4) is 0 Å². The highest BCUT2D eigenvalue weighted by Crippen LogP contribution is 2.20. The van der Waals surface area contributed by atoms with Crippen molar-refractivity contribution >= 4 is 5.82 Å². The molecule has 26 heavy (non-hydrogen) atoms. The molecule has 2 aromatic rings. The van der Waals surface area contributed by atoms with E-state index in [1.54, 1.807) is 0 Å². The fourth-order valence-electron chi connectivity index (χ4n) is 3.54. The first-order chi connectivity index (χ1) is 12.7. The van der Waals surface area contributed by atoms with Crippen LogP contribution in [0.5, 0.6) is 0 Å². The summed E-state index contributed by atoms with van der Waals surface area (Å²) in [6.07, 6.45) is 3.79. The van der Waals surface area contributed by atoms with Crippen LogP contribution >= 0.6 is 0 Å².